The first-order valence-electron chi connectivity index (χ1n) is 3.56. The highest BCUT2D eigenvalue weighted by Crippen LogP contribution is 2.22. The van der Waals surface area contributed by atoms with Gasteiger partial charge in [0.15, 0.2) is 5.75 Å². The van der Waals surface area contributed by atoms with E-state index in [1.807, 2.05) is 6.07 Å². The van der Waals surface area contributed by atoms with Crippen LogP contribution in [-0.4, -0.2) is 25.3 Å². The maximum absolute atomic E-state index is 5.34. The predicted octanol–water partition coefficient (Wildman–Crippen LogP) is 1.87. The molecule has 12 heavy (non-hydrogen) atoms. The summed E-state index contributed by atoms with van der Waals surface area (Å²) in [5, 5.41) is 0. The second-order valence-electron chi connectivity index (χ2n) is 2.15. The highest BCUT2D eigenvalue weighted by atomic mass is 79.9. The maximum Gasteiger partial charge on any atom is 0.151 e. The molecule has 0 amide bonds. The largest absolute Gasteiger partial charge is 0.488 e. The number of pyridine rings is 1. The van der Waals surface area contributed by atoms with E-state index < -0.39 is 0 Å². The van der Waals surface area contributed by atoms with Crippen LogP contribution in [-0.2, 0) is 4.74 Å². The Labute approximate surface area is 79.8 Å². The van der Waals surface area contributed by atoms with Gasteiger partial charge in [-0.2, -0.15) is 0 Å². The number of nitrogens with zero attached hydrogens (tertiary/aromatic N) is 1. The Kier molecular flexibility index (Phi) is 4.04. The summed E-state index contributed by atoms with van der Waals surface area (Å²) in [5.74, 6) is 0.745. The maximum atomic E-state index is 5.34. The molecule has 0 unspecified atom stereocenters. The number of halogens is 1. The van der Waals surface area contributed by atoms with E-state index >= 15 is 0 Å². The van der Waals surface area contributed by atoms with Crippen LogP contribution < -0.4 is 4.74 Å². The van der Waals surface area contributed by atoms with E-state index in [1.54, 1.807) is 19.5 Å². The van der Waals surface area contributed by atoms with Gasteiger partial charge in [0.1, 0.15) is 6.61 Å². The van der Waals surface area contributed by atoms with Gasteiger partial charge in [-0.25, -0.2) is 0 Å². The van der Waals surface area contributed by atoms with E-state index in [1.165, 1.54) is 0 Å². The summed E-state index contributed by atoms with van der Waals surface area (Å²) < 4.78 is 11.1. The second-order valence-corrected chi connectivity index (χ2v) is 3.00. The first kappa shape index (κ1) is 9.48. The van der Waals surface area contributed by atoms with Crippen molar-refractivity contribution in [3.8, 4) is 5.75 Å². The number of rotatable bonds is 4. The van der Waals surface area contributed by atoms with E-state index in [4.69, 9.17) is 9.47 Å². The molecule has 1 heterocycles. The van der Waals surface area contributed by atoms with Gasteiger partial charge in [-0.15, -0.1) is 0 Å². The summed E-state index contributed by atoms with van der Waals surface area (Å²) >= 11 is 3.34. The third kappa shape index (κ3) is 2.79. The van der Waals surface area contributed by atoms with Crippen LogP contribution in [0.15, 0.2) is 22.9 Å². The minimum Gasteiger partial charge on any atom is -0.488 e. The minimum absolute atomic E-state index is 0.542. The van der Waals surface area contributed by atoms with Gasteiger partial charge in [0.25, 0.3) is 0 Å². The van der Waals surface area contributed by atoms with Gasteiger partial charge >= 0.3 is 0 Å². The summed E-state index contributed by atoms with van der Waals surface area (Å²) in [7, 11) is 1.64. The molecule has 0 N–H and O–H groups in total. The topological polar surface area (TPSA) is 31.4 Å². The normalized spacial score (nSPS) is 9.83. The van der Waals surface area contributed by atoms with Crippen molar-refractivity contribution in [2.75, 3.05) is 20.3 Å². The first-order chi connectivity index (χ1) is 5.84. The van der Waals surface area contributed by atoms with Crippen molar-refractivity contribution in [3.05, 3.63) is 22.9 Å². The fourth-order valence-corrected chi connectivity index (χ4v) is 1.04. The van der Waals surface area contributed by atoms with Crippen molar-refractivity contribution in [2.24, 2.45) is 0 Å². The number of methoxy groups -OCH3 is 1. The standard InChI is InChI=1S/C8H10BrNO2/c1-11-4-5-12-8-6-10-3-2-7(8)9/h2-3,6H,4-5H2,1H3. The van der Waals surface area contributed by atoms with Crippen LogP contribution in [0.1, 0.15) is 0 Å². The Morgan fingerprint density at radius 2 is 2.33 bits per heavy atom. The third-order valence-corrected chi connectivity index (χ3v) is 1.93. The van der Waals surface area contributed by atoms with E-state index in [0.717, 1.165) is 10.2 Å². The minimum atomic E-state index is 0.542. The van der Waals surface area contributed by atoms with Crippen LogP contribution in [0.3, 0.4) is 0 Å². The van der Waals surface area contributed by atoms with Gasteiger partial charge in [0, 0.05) is 13.3 Å². The molecule has 0 aromatic carbocycles. The molecule has 3 nitrogen and oxygen atoms in total. The van der Waals surface area contributed by atoms with Gasteiger partial charge < -0.3 is 9.47 Å². The molecule has 0 fully saturated rings. The Bertz CT molecular complexity index is 242. The van der Waals surface area contributed by atoms with Crippen LogP contribution in [0.5, 0.6) is 5.75 Å². The van der Waals surface area contributed by atoms with Gasteiger partial charge in [-0.05, 0) is 22.0 Å². The first-order valence-corrected chi connectivity index (χ1v) is 4.35. The summed E-state index contributed by atoms with van der Waals surface area (Å²) in [6.07, 6.45) is 3.37. The summed E-state index contributed by atoms with van der Waals surface area (Å²) in [6, 6.07) is 1.84. The third-order valence-electron chi connectivity index (χ3n) is 1.28. The number of aromatic nitrogens is 1. The molecule has 0 atom stereocenters. The zero-order chi connectivity index (χ0) is 8.81. The molecular weight excluding hydrogens is 222 g/mol. The Morgan fingerprint density at radius 3 is 3.00 bits per heavy atom. The lowest BCUT2D eigenvalue weighted by molar-refractivity contribution is 0.145. The molecule has 66 valence electrons. The van der Waals surface area contributed by atoms with Gasteiger partial charge in [0.05, 0.1) is 17.3 Å². The van der Waals surface area contributed by atoms with Crippen molar-refractivity contribution >= 4 is 15.9 Å². The van der Waals surface area contributed by atoms with E-state index in [2.05, 4.69) is 20.9 Å². The Hall–Kier alpha value is -0.610. The number of hydrogen-bond acceptors (Lipinski definition) is 3. The monoisotopic (exact) mass is 231 g/mol. The highest BCUT2D eigenvalue weighted by molar-refractivity contribution is 9.10. The van der Waals surface area contributed by atoms with E-state index in [-0.39, 0.29) is 0 Å². The van der Waals surface area contributed by atoms with Crippen molar-refractivity contribution in [1.29, 1.82) is 0 Å². The summed E-state index contributed by atoms with van der Waals surface area (Å²) in [5.41, 5.74) is 0. The van der Waals surface area contributed by atoms with Crippen LogP contribution in [0, 0.1) is 0 Å². The fourth-order valence-electron chi connectivity index (χ4n) is 0.704. The van der Waals surface area contributed by atoms with E-state index in [0.29, 0.717) is 13.2 Å². The summed E-state index contributed by atoms with van der Waals surface area (Å²) in [6.45, 7) is 1.13. The molecule has 0 aliphatic carbocycles. The zero-order valence-electron chi connectivity index (χ0n) is 6.79. The molecule has 0 saturated heterocycles. The molecular formula is C8H10BrNO2. The van der Waals surface area contributed by atoms with Crippen molar-refractivity contribution in [3.63, 3.8) is 0 Å². The van der Waals surface area contributed by atoms with Crippen LogP contribution in [0.25, 0.3) is 0 Å². The molecule has 0 aliphatic heterocycles. The van der Waals surface area contributed by atoms with Crippen molar-refractivity contribution in [2.45, 2.75) is 0 Å². The van der Waals surface area contributed by atoms with Gasteiger partial charge in [-0.3, -0.25) is 4.98 Å². The average molecular weight is 232 g/mol. The fraction of sp³-hybridized carbons (Fsp3) is 0.375. The molecule has 0 aliphatic rings. The highest BCUT2D eigenvalue weighted by Gasteiger charge is 1.98. The molecule has 1 aromatic rings. The van der Waals surface area contributed by atoms with Crippen LogP contribution in [0.2, 0.25) is 0 Å². The molecule has 0 bridgehead atoms. The molecule has 0 spiro atoms. The zero-order valence-corrected chi connectivity index (χ0v) is 8.37. The lowest BCUT2D eigenvalue weighted by Crippen LogP contribution is -2.04. The molecule has 0 saturated carbocycles. The molecule has 4 heteroatoms. The molecule has 1 aromatic heterocycles. The van der Waals surface area contributed by atoms with Crippen LogP contribution in [0.4, 0.5) is 0 Å². The smallest absolute Gasteiger partial charge is 0.151 e. The number of hydrogen-bond donors (Lipinski definition) is 0. The quantitative estimate of drug-likeness (QED) is 0.742. The van der Waals surface area contributed by atoms with Crippen LogP contribution >= 0.6 is 15.9 Å². The van der Waals surface area contributed by atoms with Crippen molar-refractivity contribution < 1.29 is 9.47 Å². The Balaban J connectivity index is 2.46. The van der Waals surface area contributed by atoms with Crippen molar-refractivity contribution in [1.82, 2.24) is 4.98 Å². The van der Waals surface area contributed by atoms with Gasteiger partial charge in [0.2, 0.25) is 0 Å². The summed E-state index contributed by atoms with van der Waals surface area (Å²) in [4.78, 5) is 3.93. The van der Waals surface area contributed by atoms with E-state index in [9.17, 15) is 0 Å². The molecule has 1 rings (SSSR count). The number of ether oxygens (including phenoxy) is 2. The average Bonchev–Trinajstić information content (AvgIpc) is 2.09. The Morgan fingerprint density at radius 1 is 1.50 bits per heavy atom. The second kappa shape index (κ2) is 5.11. The lowest BCUT2D eigenvalue weighted by Gasteiger charge is -2.05. The van der Waals surface area contributed by atoms with Gasteiger partial charge in [-0.1, -0.05) is 0 Å². The lowest BCUT2D eigenvalue weighted by atomic mass is 10.5. The SMILES string of the molecule is COCCOc1cnccc1Br. The molecule has 0 radical (unpaired) electrons. The predicted molar refractivity (Wildman–Crippen MR) is 49.3 cm³/mol.